The fourth-order valence-corrected chi connectivity index (χ4v) is 9.55. The molecule has 10 nitrogen and oxygen atoms in total. The summed E-state index contributed by atoms with van der Waals surface area (Å²) in [6.45, 7) is 5.99. The first kappa shape index (κ1) is 31.4. The Labute approximate surface area is 267 Å². The zero-order chi connectivity index (χ0) is 32.3. The van der Waals surface area contributed by atoms with E-state index in [9.17, 15) is 28.1 Å². The van der Waals surface area contributed by atoms with E-state index in [0.717, 1.165) is 18.4 Å². The molecule has 4 aliphatic rings. The number of nitro benzene ring substituents is 1. The smallest absolute Gasteiger partial charge is 0.418 e. The molecule has 2 aromatic rings. The molecule has 0 N–H and O–H groups in total. The number of rotatable bonds is 5. The fourth-order valence-electron chi connectivity index (χ4n) is 7.51. The molecule has 45 heavy (non-hydrogen) atoms. The minimum Gasteiger partial charge on any atom is -0.445 e. The molecule has 1 amide bonds. The molecule has 4 atom stereocenters. The average molecular weight is 655 g/mol. The van der Waals surface area contributed by atoms with E-state index >= 15 is 0 Å². The number of halogens is 1. The van der Waals surface area contributed by atoms with Gasteiger partial charge in [0.2, 0.25) is 0 Å². The Morgan fingerprint density at radius 3 is 2.56 bits per heavy atom. The lowest BCUT2D eigenvalue weighted by Crippen LogP contribution is -2.47. The van der Waals surface area contributed by atoms with Crippen molar-refractivity contribution in [3.63, 3.8) is 0 Å². The van der Waals surface area contributed by atoms with Crippen molar-refractivity contribution in [3.8, 4) is 0 Å². The highest BCUT2D eigenvalue weighted by Gasteiger charge is 2.51. The Morgan fingerprint density at radius 1 is 1.11 bits per heavy atom. The zero-order valence-corrected chi connectivity index (χ0v) is 26.9. The third-order valence-electron chi connectivity index (χ3n) is 9.83. The van der Waals surface area contributed by atoms with E-state index in [1.807, 2.05) is 18.2 Å². The Morgan fingerprint density at radius 2 is 1.84 bits per heavy atom. The third-order valence-corrected chi connectivity index (χ3v) is 12.0. The van der Waals surface area contributed by atoms with E-state index in [4.69, 9.17) is 21.1 Å². The van der Waals surface area contributed by atoms with Gasteiger partial charge >= 0.3 is 6.09 Å². The van der Waals surface area contributed by atoms with E-state index in [1.54, 1.807) is 0 Å². The molecule has 2 aromatic carbocycles. The molecule has 0 saturated heterocycles. The van der Waals surface area contributed by atoms with Gasteiger partial charge in [-0.2, -0.15) is 0 Å². The number of carbonyl (C=O) groups excluding carboxylic acids is 2. The zero-order valence-electron chi connectivity index (χ0n) is 25.3. The number of Topliss-reactive ketones (excluding diaryl/α,β-unsaturated/α-hetero) is 1. The highest BCUT2D eigenvalue weighted by molar-refractivity contribution is 7.95. The molecular weight excluding hydrogens is 620 g/mol. The topological polar surface area (TPSA) is 133 Å². The highest BCUT2D eigenvalue weighted by atomic mass is 35.5. The SMILES string of the molecule is C[C@@H]1CC[C@@H](C(C)(C)c2ccccc2)[C@H](OC(=O)N2C3=C(C(=O)COC3)C(c3ccc(Cl)c([N+](=O)[O-])c3)C3=C2CCS3(=O)=O)C1. The average Bonchev–Trinajstić information content (AvgIpc) is 3.31. The van der Waals surface area contributed by atoms with Crippen LogP contribution in [-0.2, 0) is 29.5 Å². The van der Waals surface area contributed by atoms with Gasteiger partial charge in [0.15, 0.2) is 15.6 Å². The van der Waals surface area contributed by atoms with E-state index in [2.05, 4.69) is 32.9 Å². The van der Waals surface area contributed by atoms with Crippen molar-refractivity contribution in [2.24, 2.45) is 11.8 Å². The van der Waals surface area contributed by atoms with Gasteiger partial charge in [-0.1, -0.05) is 75.2 Å². The van der Waals surface area contributed by atoms with Crippen LogP contribution in [0, 0.1) is 22.0 Å². The van der Waals surface area contributed by atoms with Gasteiger partial charge in [0.25, 0.3) is 5.69 Å². The highest BCUT2D eigenvalue weighted by Crippen LogP contribution is 2.51. The summed E-state index contributed by atoms with van der Waals surface area (Å²) < 4.78 is 39.2. The van der Waals surface area contributed by atoms with E-state index in [0.29, 0.717) is 12.3 Å². The molecule has 1 fully saturated rings. The molecule has 12 heteroatoms. The van der Waals surface area contributed by atoms with Crippen molar-refractivity contribution < 1.29 is 32.4 Å². The van der Waals surface area contributed by atoms with Crippen molar-refractivity contribution in [1.82, 2.24) is 4.90 Å². The summed E-state index contributed by atoms with van der Waals surface area (Å²) in [5.74, 6) is -1.61. The lowest BCUT2D eigenvalue weighted by molar-refractivity contribution is -0.384. The predicted molar refractivity (Wildman–Crippen MR) is 167 cm³/mol. The van der Waals surface area contributed by atoms with Gasteiger partial charge in [-0.05, 0) is 41.4 Å². The number of carbonyl (C=O) groups is 2. The number of ketones is 1. The van der Waals surface area contributed by atoms with Crippen LogP contribution in [0.25, 0.3) is 0 Å². The molecule has 0 spiro atoms. The van der Waals surface area contributed by atoms with Crippen molar-refractivity contribution in [2.45, 2.75) is 63.9 Å². The number of hydrogen-bond donors (Lipinski definition) is 0. The number of sulfone groups is 1. The van der Waals surface area contributed by atoms with Crippen molar-refractivity contribution in [2.75, 3.05) is 19.0 Å². The molecule has 3 heterocycles. The Hall–Kier alpha value is -3.54. The molecule has 0 radical (unpaired) electrons. The number of hydrogen-bond acceptors (Lipinski definition) is 8. The summed E-state index contributed by atoms with van der Waals surface area (Å²) in [4.78, 5) is 40.0. The van der Waals surface area contributed by atoms with E-state index in [1.165, 1.54) is 23.1 Å². The summed E-state index contributed by atoms with van der Waals surface area (Å²) in [6.07, 6.45) is 1.28. The predicted octanol–water partition coefficient (Wildman–Crippen LogP) is 6.45. The third kappa shape index (κ3) is 5.48. The summed E-state index contributed by atoms with van der Waals surface area (Å²) in [5.41, 5.74) is 1.11. The number of amides is 1. The van der Waals surface area contributed by atoms with Crippen LogP contribution in [0.3, 0.4) is 0 Å². The second kappa shape index (κ2) is 11.7. The number of allylic oxidation sites excluding steroid dienone is 2. The van der Waals surface area contributed by atoms with Crippen LogP contribution >= 0.6 is 11.6 Å². The summed E-state index contributed by atoms with van der Waals surface area (Å²) in [5, 5.41) is 11.6. The van der Waals surface area contributed by atoms with Gasteiger partial charge in [-0.3, -0.25) is 19.8 Å². The maximum absolute atomic E-state index is 14.3. The molecule has 0 aromatic heterocycles. The van der Waals surface area contributed by atoms with E-state index in [-0.39, 0.29) is 69.2 Å². The van der Waals surface area contributed by atoms with Crippen LogP contribution < -0.4 is 0 Å². The molecule has 238 valence electrons. The molecule has 6 rings (SSSR count). The molecule has 1 aliphatic carbocycles. The standard InChI is InChI=1S/C33H35ClN2O8S/c1-19-9-11-22(33(2,3)21-7-5-4-6-8-21)28(15-19)44-32(38)35-24-13-14-45(41,42)31(24)29(30-26(35)17-43-18-27(30)37)20-10-12-23(34)25(16-20)36(39)40/h4-8,10,12,16,19,22,28-29H,9,11,13-15,17-18H2,1-3H3/t19-,22-,28-,29?/m1/s1. The Bertz CT molecular complexity index is 1750. The first-order valence-corrected chi connectivity index (χ1v) is 17.1. The molecule has 1 saturated carbocycles. The lowest BCUT2D eigenvalue weighted by Gasteiger charge is -2.45. The molecule has 1 unspecified atom stereocenters. The minimum absolute atomic E-state index is 0.00865. The molecular formula is C33H35ClN2O8S. The van der Waals surface area contributed by atoms with Crippen LogP contribution in [0.15, 0.2) is 70.4 Å². The van der Waals surface area contributed by atoms with Crippen LogP contribution in [0.5, 0.6) is 0 Å². The number of benzene rings is 2. The summed E-state index contributed by atoms with van der Waals surface area (Å²) in [7, 11) is -3.94. The van der Waals surface area contributed by atoms with Crippen molar-refractivity contribution in [1.29, 1.82) is 0 Å². The molecule has 0 bridgehead atoms. The van der Waals surface area contributed by atoms with Crippen molar-refractivity contribution in [3.05, 3.63) is 96.7 Å². The quantitative estimate of drug-likeness (QED) is 0.265. The van der Waals surface area contributed by atoms with Gasteiger partial charge < -0.3 is 9.47 Å². The minimum atomic E-state index is -3.94. The number of nitro groups is 1. The summed E-state index contributed by atoms with van der Waals surface area (Å²) >= 11 is 6.07. The van der Waals surface area contributed by atoms with E-state index < -0.39 is 44.3 Å². The largest absolute Gasteiger partial charge is 0.445 e. The van der Waals surface area contributed by atoms with Gasteiger partial charge in [0.1, 0.15) is 17.7 Å². The first-order valence-electron chi connectivity index (χ1n) is 15.1. The number of ether oxygens (including phenoxy) is 2. The van der Waals surface area contributed by atoms with Crippen LogP contribution in [-0.4, -0.2) is 55.2 Å². The Kier molecular flexibility index (Phi) is 8.16. The fraction of sp³-hybridized carbons (Fsp3) is 0.455. The Balaban J connectivity index is 1.44. The van der Waals surface area contributed by atoms with Gasteiger partial charge in [-0.15, -0.1) is 0 Å². The maximum atomic E-state index is 14.3. The van der Waals surface area contributed by atoms with Crippen LogP contribution in [0.1, 0.15) is 63.5 Å². The van der Waals surface area contributed by atoms with Crippen LogP contribution in [0.2, 0.25) is 5.02 Å². The van der Waals surface area contributed by atoms with Gasteiger partial charge in [0, 0.05) is 29.7 Å². The van der Waals surface area contributed by atoms with Gasteiger partial charge in [-0.25, -0.2) is 13.2 Å². The second-order valence-electron chi connectivity index (χ2n) is 12.9. The monoisotopic (exact) mass is 654 g/mol. The van der Waals surface area contributed by atoms with Crippen LogP contribution in [0.4, 0.5) is 10.5 Å². The number of nitrogens with zero attached hydrogens (tertiary/aromatic N) is 2. The first-order chi connectivity index (χ1) is 21.3. The summed E-state index contributed by atoms with van der Waals surface area (Å²) in [6, 6.07) is 14.1. The maximum Gasteiger partial charge on any atom is 0.418 e. The normalized spacial score (nSPS) is 26.4. The molecule has 3 aliphatic heterocycles. The second-order valence-corrected chi connectivity index (χ2v) is 15.4. The van der Waals surface area contributed by atoms with Gasteiger partial charge in [0.05, 0.1) is 33.8 Å². The van der Waals surface area contributed by atoms with Crippen molar-refractivity contribution >= 4 is 39.0 Å². The lowest BCUT2D eigenvalue weighted by atomic mass is 9.64.